The maximum atomic E-state index is 12.4. The van der Waals surface area contributed by atoms with Crippen LogP contribution in [-0.2, 0) is 11.2 Å². The van der Waals surface area contributed by atoms with Crippen LogP contribution in [0.4, 0.5) is 0 Å². The van der Waals surface area contributed by atoms with Crippen molar-refractivity contribution in [2.45, 2.75) is 31.4 Å². The van der Waals surface area contributed by atoms with Crippen molar-refractivity contribution in [3.05, 3.63) is 53.9 Å². The monoisotopic (exact) mass is 354 g/mol. The summed E-state index contributed by atoms with van der Waals surface area (Å²) in [5.74, 6) is 1.53. The van der Waals surface area contributed by atoms with Gasteiger partial charge in [-0.15, -0.1) is 0 Å². The maximum Gasteiger partial charge on any atom is 0.258 e. The molecule has 0 saturated heterocycles. The van der Waals surface area contributed by atoms with Crippen molar-refractivity contribution in [3.8, 4) is 11.5 Å². The molecule has 1 atom stereocenters. The molecule has 4 rings (SSSR count). The molecule has 0 radical (unpaired) electrons. The molecule has 26 heavy (non-hydrogen) atoms. The van der Waals surface area contributed by atoms with E-state index in [1.54, 1.807) is 24.5 Å². The normalized spacial score (nSPS) is 21.9. The molecule has 6 heteroatoms. The summed E-state index contributed by atoms with van der Waals surface area (Å²) in [4.78, 5) is 16.4. The molecule has 2 aliphatic rings. The van der Waals surface area contributed by atoms with E-state index >= 15 is 0 Å². The lowest BCUT2D eigenvalue weighted by Crippen LogP contribution is -2.42. The highest BCUT2D eigenvalue weighted by molar-refractivity contribution is 5.78. The van der Waals surface area contributed by atoms with Gasteiger partial charge < -0.3 is 19.9 Å². The third-order valence-corrected chi connectivity index (χ3v) is 5.01. The van der Waals surface area contributed by atoms with Crippen LogP contribution in [0.25, 0.3) is 0 Å². The van der Waals surface area contributed by atoms with Crippen LogP contribution in [0.5, 0.6) is 11.5 Å². The number of aliphatic hydroxyl groups is 1. The number of aromatic nitrogens is 1. The Hall–Kier alpha value is -2.60. The number of carbonyl (C=O) groups excluding carboxylic acids is 1. The van der Waals surface area contributed by atoms with Crippen LogP contribution >= 0.6 is 0 Å². The molecule has 1 saturated carbocycles. The number of carbonyl (C=O) groups is 1. The summed E-state index contributed by atoms with van der Waals surface area (Å²) < 4.78 is 11.1. The Balaban J connectivity index is 1.44. The highest BCUT2D eigenvalue weighted by Gasteiger charge is 2.36. The number of aliphatic hydroxyl groups excluding tert-OH is 1. The van der Waals surface area contributed by atoms with Crippen molar-refractivity contribution >= 4 is 5.91 Å². The fraction of sp³-hybridized carbons (Fsp3) is 0.400. The van der Waals surface area contributed by atoms with Gasteiger partial charge in [0.2, 0.25) is 0 Å². The van der Waals surface area contributed by atoms with Gasteiger partial charge in [0.1, 0.15) is 11.5 Å². The minimum absolute atomic E-state index is 0.0640. The topological polar surface area (TPSA) is 80.7 Å². The van der Waals surface area contributed by atoms with Gasteiger partial charge in [0.05, 0.1) is 24.9 Å². The molecule has 0 bridgehead atoms. The quantitative estimate of drug-likeness (QED) is 0.830. The summed E-state index contributed by atoms with van der Waals surface area (Å²) in [6, 6.07) is 9.48. The van der Waals surface area contributed by atoms with Gasteiger partial charge in [-0.1, -0.05) is 6.07 Å². The van der Waals surface area contributed by atoms with E-state index < -0.39 is 0 Å². The second-order valence-corrected chi connectivity index (χ2v) is 6.87. The highest BCUT2D eigenvalue weighted by atomic mass is 16.5. The van der Waals surface area contributed by atoms with Crippen molar-refractivity contribution in [3.63, 3.8) is 0 Å². The number of nitrogens with zero attached hydrogens (tertiary/aromatic N) is 1. The van der Waals surface area contributed by atoms with Gasteiger partial charge in [0.25, 0.3) is 5.91 Å². The Labute approximate surface area is 152 Å². The average Bonchev–Trinajstić information content (AvgIpc) is 3.11. The first-order chi connectivity index (χ1) is 12.7. The van der Waals surface area contributed by atoms with E-state index in [2.05, 4.69) is 16.4 Å². The zero-order valence-corrected chi connectivity index (χ0v) is 14.4. The standard InChI is InChI=1S/C20H22N2O4/c23-16-9-15(10-16)20(14-3-4-18-13(8-14)5-7-25-18)22-19(24)12-26-17-2-1-6-21-11-17/h1-4,6,8,11,15-16,20,23H,5,7,9-10,12H2,(H,22,24). The van der Waals surface area contributed by atoms with Crippen LogP contribution in [0.1, 0.15) is 30.0 Å². The number of nitrogens with one attached hydrogen (secondary N) is 1. The minimum atomic E-state index is -0.274. The van der Waals surface area contributed by atoms with E-state index in [1.807, 2.05) is 12.1 Å². The first-order valence-corrected chi connectivity index (χ1v) is 8.95. The van der Waals surface area contributed by atoms with Gasteiger partial charge in [-0.25, -0.2) is 0 Å². The van der Waals surface area contributed by atoms with Crippen molar-refractivity contribution < 1.29 is 19.4 Å². The fourth-order valence-electron chi connectivity index (χ4n) is 3.57. The van der Waals surface area contributed by atoms with Crippen LogP contribution in [0.3, 0.4) is 0 Å². The molecule has 2 heterocycles. The molecule has 0 spiro atoms. The van der Waals surface area contributed by atoms with E-state index in [0.29, 0.717) is 25.2 Å². The van der Waals surface area contributed by atoms with Crippen molar-refractivity contribution in [2.75, 3.05) is 13.2 Å². The van der Waals surface area contributed by atoms with E-state index in [4.69, 9.17) is 9.47 Å². The van der Waals surface area contributed by atoms with Gasteiger partial charge in [-0.2, -0.15) is 0 Å². The molecule has 1 fully saturated rings. The summed E-state index contributed by atoms with van der Waals surface area (Å²) in [6.07, 6.45) is 5.24. The number of pyridine rings is 1. The number of benzene rings is 1. The zero-order valence-electron chi connectivity index (χ0n) is 14.4. The lowest BCUT2D eigenvalue weighted by Gasteiger charge is -2.38. The Bertz CT molecular complexity index is 775. The molecule has 1 aromatic heterocycles. The zero-order chi connectivity index (χ0) is 17.9. The Morgan fingerprint density at radius 1 is 1.38 bits per heavy atom. The number of fused-ring (bicyclic) bond motifs is 1. The molecule has 1 unspecified atom stereocenters. The number of rotatable bonds is 6. The molecular formula is C20H22N2O4. The van der Waals surface area contributed by atoms with Crippen LogP contribution in [0.15, 0.2) is 42.7 Å². The summed E-state index contributed by atoms with van der Waals surface area (Å²) in [5.41, 5.74) is 2.23. The van der Waals surface area contributed by atoms with E-state index in [1.165, 1.54) is 5.56 Å². The lowest BCUT2D eigenvalue weighted by molar-refractivity contribution is -0.125. The molecule has 2 aromatic rings. The number of hydrogen-bond donors (Lipinski definition) is 2. The third kappa shape index (κ3) is 3.65. The van der Waals surface area contributed by atoms with Crippen LogP contribution in [-0.4, -0.2) is 35.3 Å². The van der Waals surface area contributed by atoms with Crippen molar-refractivity contribution in [1.29, 1.82) is 0 Å². The molecule has 1 aliphatic heterocycles. The van der Waals surface area contributed by atoms with E-state index in [9.17, 15) is 9.90 Å². The molecule has 1 aromatic carbocycles. The van der Waals surface area contributed by atoms with Gasteiger partial charge in [0.15, 0.2) is 6.61 Å². The Morgan fingerprint density at radius 3 is 3.04 bits per heavy atom. The molecule has 1 aliphatic carbocycles. The predicted molar refractivity (Wildman–Crippen MR) is 95.0 cm³/mol. The molecular weight excluding hydrogens is 332 g/mol. The summed E-state index contributed by atoms with van der Waals surface area (Å²) >= 11 is 0. The first-order valence-electron chi connectivity index (χ1n) is 8.95. The minimum Gasteiger partial charge on any atom is -0.493 e. The summed E-state index contributed by atoms with van der Waals surface area (Å²) in [5, 5.41) is 12.8. The Morgan fingerprint density at radius 2 is 2.27 bits per heavy atom. The summed E-state index contributed by atoms with van der Waals surface area (Å²) in [7, 11) is 0. The molecule has 2 N–H and O–H groups in total. The largest absolute Gasteiger partial charge is 0.493 e. The second kappa shape index (κ2) is 7.33. The van der Waals surface area contributed by atoms with Gasteiger partial charge in [-0.3, -0.25) is 9.78 Å². The summed E-state index contributed by atoms with van der Waals surface area (Å²) in [6.45, 7) is 0.641. The number of hydrogen-bond acceptors (Lipinski definition) is 5. The van der Waals surface area contributed by atoms with Crippen LogP contribution < -0.4 is 14.8 Å². The highest BCUT2D eigenvalue weighted by Crippen LogP contribution is 2.39. The smallest absolute Gasteiger partial charge is 0.258 e. The van der Waals surface area contributed by atoms with Crippen LogP contribution in [0, 0.1) is 5.92 Å². The van der Waals surface area contributed by atoms with E-state index in [0.717, 1.165) is 17.7 Å². The Kier molecular flexibility index (Phi) is 4.75. The molecule has 1 amide bonds. The van der Waals surface area contributed by atoms with Crippen molar-refractivity contribution in [1.82, 2.24) is 10.3 Å². The van der Waals surface area contributed by atoms with Crippen molar-refractivity contribution in [2.24, 2.45) is 5.92 Å². The predicted octanol–water partition coefficient (Wildman–Crippen LogP) is 2.02. The van der Waals surface area contributed by atoms with E-state index in [-0.39, 0.29) is 30.6 Å². The molecule has 136 valence electrons. The molecule has 6 nitrogen and oxygen atoms in total. The lowest BCUT2D eigenvalue weighted by atomic mass is 9.75. The van der Waals surface area contributed by atoms with Gasteiger partial charge in [0, 0.05) is 12.6 Å². The first kappa shape index (κ1) is 16.8. The van der Waals surface area contributed by atoms with Gasteiger partial charge in [-0.05, 0) is 54.2 Å². The van der Waals surface area contributed by atoms with Gasteiger partial charge >= 0.3 is 0 Å². The third-order valence-electron chi connectivity index (χ3n) is 5.01. The maximum absolute atomic E-state index is 12.4. The van der Waals surface area contributed by atoms with Crippen LogP contribution in [0.2, 0.25) is 0 Å². The SMILES string of the molecule is O=C(COc1cccnc1)NC(c1ccc2c(c1)CCO2)C1CC(O)C1. The number of ether oxygens (including phenoxy) is 2. The second-order valence-electron chi connectivity index (χ2n) is 6.87. The number of amides is 1. The fourth-order valence-corrected chi connectivity index (χ4v) is 3.57. The average molecular weight is 354 g/mol.